The molecular weight excluding hydrogens is 264 g/mol. The first-order valence-electron chi connectivity index (χ1n) is 5.14. The topological polar surface area (TPSA) is 92.4 Å². The quantitative estimate of drug-likeness (QED) is 0.710. The van der Waals surface area contributed by atoms with Gasteiger partial charge in [-0.1, -0.05) is 11.6 Å². The molecule has 0 bridgehead atoms. The molecule has 0 heterocycles. The van der Waals surface area contributed by atoms with Crippen molar-refractivity contribution < 1.29 is 13.5 Å². The number of hydrogen-bond acceptors (Lipinski definition) is 4. The molecule has 0 amide bonds. The Morgan fingerprint density at radius 2 is 2.06 bits per heavy atom. The fraction of sp³-hybridized carbons (Fsp3) is 0.400. The zero-order valence-electron chi connectivity index (χ0n) is 8.93. The minimum absolute atomic E-state index is 0.0273. The van der Waals surface area contributed by atoms with E-state index in [1.165, 1.54) is 18.2 Å². The predicted octanol–water partition coefficient (Wildman–Crippen LogP) is 0.724. The standard InChI is InChI=1S/C10H13ClN2O3S/c11-9-2-1-6(12)3-10(9)17(15,16)13-7-4-8(14)5-7/h1-3,7-8,13-14H,4-5,12H2. The smallest absolute Gasteiger partial charge is 0.242 e. The molecule has 94 valence electrons. The number of nitrogens with two attached hydrogens (primary N) is 1. The largest absolute Gasteiger partial charge is 0.399 e. The summed E-state index contributed by atoms with van der Waals surface area (Å²) in [4.78, 5) is -0.0273. The van der Waals surface area contributed by atoms with Crippen molar-refractivity contribution in [1.29, 1.82) is 0 Å². The maximum Gasteiger partial charge on any atom is 0.242 e. The van der Waals surface area contributed by atoms with Crippen molar-refractivity contribution in [1.82, 2.24) is 4.72 Å². The van der Waals surface area contributed by atoms with E-state index in [0.717, 1.165) is 0 Å². The molecule has 1 saturated carbocycles. The van der Waals surface area contributed by atoms with Crippen molar-refractivity contribution in [2.45, 2.75) is 29.9 Å². The third kappa shape index (κ3) is 2.71. The number of halogens is 1. The van der Waals surface area contributed by atoms with Gasteiger partial charge in [0.05, 0.1) is 11.1 Å². The summed E-state index contributed by atoms with van der Waals surface area (Å²) in [6, 6.07) is 4.07. The first-order valence-corrected chi connectivity index (χ1v) is 7.00. The molecule has 2 rings (SSSR count). The second-order valence-electron chi connectivity index (χ2n) is 4.13. The van der Waals surface area contributed by atoms with Crippen LogP contribution in [0.25, 0.3) is 0 Å². The Kier molecular flexibility index (Phi) is 3.31. The minimum Gasteiger partial charge on any atom is -0.399 e. The molecule has 7 heteroatoms. The average molecular weight is 277 g/mol. The summed E-state index contributed by atoms with van der Waals surface area (Å²) in [7, 11) is -3.67. The molecule has 0 radical (unpaired) electrons. The molecule has 1 aromatic carbocycles. The summed E-state index contributed by atoms with van der Waals surface area (Å²) >= 11 is 5.83. The summed E-state index contributed by atoms with van der Waals surface area (Å²) < 4.78 is 26.4. The van der Waals surface area contributed by atoms with Gasteiger partial charge in [0, 0.05) is 11.7 Å². The van der Waals surface area contributed by atoms with Crippen LogP contribution in [0.1, 0.15) is 12.8 Å². The molecule has 1 aliphatic carbocycles. The summed E-state index contributed by atoms with van der Waals surface area (Å²) in [5, 5.41) is 9.23. The third-order valence-electron chi connectivity index (χ3n) is 2.68. The molecule has 5 nitrogen and oxygen atoms in total. The van der Waals surface area contributed by atoms with Crippen molar-refractivity contribution in [2.75, 3.05) is 5.73 Å². The lowest BCUT2D eigenvalue weighted by molar-refractivity contribution is 0.0712. The molecule has 0 saturated heterocycles. The summed E-state index contributed by atoms with van der Waals surface area (Å²) in [5.41, 5.74) is 5.87. The van der Waals surface area contributed by atoms with Crippen LogP contribution in [-0.2, 0) is 10.0 Å². The van der Waals surface area contributed by atoms with Crippen LogP contribution in [0.5, 0.6) is 0 Å². The Morgan fingerprint density at radius 1 is 1.41 bits per heavy atom. The molecule has 0 aliphatic heterocycles. The van der Waals surface area contributed by atoms with Gasteiger partial charge in [0.25, 0.3) is 0 Å². The average Bonchev–Trinajstić information content (AvgIpc) is 2.19. The van der Waals surface area contributed by atoms with E-state index < -0.39 is 16.1 Å². The number of aliphatic hydroxyl groups excluding tert-OH is 1. The lowest BCUT2D eigenvalue weighted by Crippen LogP contribution is -2.46. The fourth-order valence-corrected chi connectivity index (χ4v) is 3.49. The molecule has 17 heavy (non-hydrogen) atoms. The summed E-state index contributed by atoms with van der Waals surface area (Å²) in [5.74, 6) is 0. The number of hydrogen-bond donors (Lipinski definition) is 3. The Labute approximate surface area is 105 Å². The molecule has 0 unspecified atom stereocenters. The second-order valence-corrected chi connectivity index (χ2v) is 6.22. The van der Waals surface area contributed by atoms with Gasteiger partial charge < -0.3 is 10.8 Å². The Morgan fingerprint density at radius 3 is 2.65 bits per heavy atom. The van der Waals surface area contributed by atoms with Gasteiger partial charge in [0.1, 0.15) is 4.90 Å². The van der Waals surface area contributed by atoms with Crippen molar-refractivity contribution in [3.05, 3.63) is 23.2 Å². The Hall–Kier alpha value is -0.820. The van der Waals surface area contributed by atoms with E-state index in [0.29, 0.717) is 18.5 Å². The second kappa shape index (κ2) is 4.45. The fourth-order valence-electron chi connectivity index (χ4n) is 1.69. The maximum absolute atomic E-state index is 12.0. The van der Waals surface area contributed by atoms with Crippen molar-refractivity contribution >= 4 is 27.3 Å². The van der Waals surface area contributed by atoms with Crippen LogP contribution in [0.2, 0.25) is 5.02 Å². The number of benzene rings is 1. The van der Waals surface area contributed by atoms with Crippen molar-refractivity contribution in [2.24, 2.45) is 0 Å². The number of rotatable bonds is 3. The van der Waals surface area contributed by atoms with E-state index in [9.17, 15) is 8.42 Å². The number of aliphatic hydroxyl groups is 1. The van der Waals surface area contributed by atoms with E-state index in [1.807, 2.05) is 0 Å². The van der Waals surface area contributed by atoms with E-state index in [4.69, 9.17) is 22.4 Å². The van der Waals surface area contributed by atoms with E-state index >= 15 is 0 Å². The Balaban J connectivity index is 2.22. The van der Waals surface area contributed by atoms with E-state index in [-0.39, 0.29) is 16.0 Å². The molecule has 4 N–H and O–H groups in total. The van der Waals surface area contributed by atoms with Crippen LogP contribution in [0.3, 0.4) is 0 Å². The van der Waals surface area contributed by atoms with Crippen LogP contribution in [0, 0.1) is 0 Å². The van der Waals surface area contributed by atoms with Crippen LogP contribution < -0.4 is 10.5 Å². The molecule has 1 aromatic rings. The number of nitrogen functional groups attached to an aromatic ring is 1. The molecular formula is C10H13ClN2O3S. The van der Waals surface area contributed by atoms with Crippen LogP contribution in [-0.4, -0.2) is 25.7 Å². The van der Waals surface area contributed by atoms with Gasteiger partial charge in [-0.05, 0) is 31.0 Å². The van der Waals surface area contributed by atoms with E-state index in [1.54, 1.807) is 0 Å². The molecule has 1 aliphatic rings. The maximum atomic E-state index is 12.0. The number of sulfonamides is 1. The van der Waals surface area contributed by atoms with Gasteiger partial charge in [-0.25, -0.2) is 13.1 Å². The summed E-state index contributed by atoms with van der Waals surface area (Å²) in [6.45, 7) is 0. The molecule has 1 fully saturated rings. The van der Waals surface area contributed by atoms with Gasteiger partial charge in [-0.2, -0.15) is 0 Å². The number of anilines is 1. The highest BCUT2D eigenvalue weighted by Crippen LogP contribution is 2.26. The van der Waals surface area contributed by atoms with Gasteiger partial charge >= 0.3 is 0 Å². The summed E-state index contributed by atoms with van der Waals surface area (Å²) in [6.07, 6.45) is 0.442. The monoisotopic (exact) mass is 276 g/mol. The van der Waals surface area contributed by atoms with Crippen molar-refractivity contribution in [3.63, 3.8) is 0 Å². The van der Waals surface area contributed by atoms with Gasteiger partial charge in [-0.15, -0.1) is 0 Å². The van der Waals surface area contributed by atoms with Gasteiger partial charge in [0.2, 0.25) is 10.0 Å². The van der Waals surface area contributed by atoms with Crippen LogP contribution in [0.4, 0.5) is 5.69 Å². The van der Waals surface area contributed by atoms with Crippen LogP contribution in [0.15, 0.2) is 23.1 Å². The zero-order chi connectivity index (χ0) is 12.6. The highest BCUT2D eigenvalue weighted by Gasteiger charge is 2.32. The molecule has 0 atom stereocenters. The van der Waals surface area contributed by atoms with E-state index in [2.05, 4.69) is 4.72 Å². The minimum atomic E-state index is -3.67. The third-order valence-corrected chi connectivity index (χ3v) is 4.68. The molecule has 0 aromatic heterocycles. The predicted molar refractivity (Wildman–Crippen MR) is 65.2 cm³/mol. The normalized spacial score (nSPS) is 24.4. The highest BCUT2D eigenvalue weighted by atomic mass is 35.5. The first-order chi connectivity index (χ1) is 7.88. The highest BCUT2D eigenvalue weighted by molar-refractivity contribution is 7.89. The van der Waals surface area contributed by atoms with Gasteiger partial charge in [0.15, 0.2) is 0 Å². The van der Waals surface area contributed by atoms with Gasteiger partial charge in [-0.3, -0.25) is 0 Å². The molecule has 0 spiro atoms. The zero-order valence-corrected chi connectivity index (χ0v) is 10.5. The lowest BCUT2D eigenvalue weighted by atomic mass is 9.91. The first kappa shape index (κ1) is 12.6. The number of nitrogens with one attached hydrogen (secondary N) is 1. The van der Waals surface area contributed by atoms with Crippen LogP contribution >= 0.6 is 11.6 Å². The van der Waals surface area contributed by atoms with Crippen molar-refractivity contribution in [3.8, 4) is 0 Å². The Bertz CT molecular complexity index is 526. The SMILES string of the molecule is Nc1ccc(Cl)c(S(=O)(=O)NC2CC(O)C2)c1. The lowest BCUT2D eigenvalue weighted by Gasteiger charge is -2.31.